The fraction of sp³-hybridized carbons (Fsp3) is 0.368. The molecule has 2 aromatic rings. The Kier molecular flexibility index (Phi) is 5.23. The molecule has 1 unspecified atom stereocenters. The molecule has 0 radical (unpaired) electrons. The standard InChI is InChI=1S/C19H24BrN/c1-14(16-6-5-7-18(20)12-16)21-13-15-8-10-17(11-9-15)19(2,3)4/h5-12,14,21H,13H2,1-4H3. The third kappa shape index (κ3) is 4.69. The quantitative estimate of drug-likeness (QED) is 0.760. The van der Waals surface area contributed by atoms with Crippen molar-refractivity contribution in [3.63, 3.8) is 0 Å². The molecule has 21 heavy (non-hydrogen) atoms. The zero-order chi connectivity index (χ0) is 15.5. The van der Waals surface area contributed by atoms with Gasteiger partial charge in [0, 0.05) is 17.1 Å². The van der Waals surface area contributed by atoms with Crippen LogP contribution in [0.15, 0.2) is 53.0 Å². The summed E-state index contributed by atoms with van der Waals surface area (Å²) >= 11 is 3.53. The van der Waals surface area contributed by atoms with E-state index in [1.54, 1.807) is 0 Å². The Morgan fingerprint density at radius 1 is 1.05 bits per heavy atom. The molecule has 1 atom stereocenters. The number of hydrogen-bond donors (Lipinski definition) is 1. The molecular weight excluding hydrogens is 322 g/mol. The number of nitrogens with one attached hydrogen (secondary N) is 1. The molecule has 0 heterocycles. The largest absolute Gasteiger partial charge is 0.306 e. The van der Waals surface area contributed by atoms with Crippen LogP contribution in [-0.2, 0) is 12.0 Å². The predicted octanol–water partition coefficient (Wildman–Crippen LogP) is 5.60. The SMILES string of the molecule is CC(NCc1ccc(C(C)(C)C)cc1)c1cccc(Br)c1. The van der Waals surface area contributed by atoms with Crippen molar-refractivity contribution in [2.75, 3.05) is 0 Å². The van der Waals surface area contributed by atoms with E-state index in [9.17, 15) is 0 Å². The van der Waals surface area contributed by atoms with Crippen molar-refractivity contribution in [2.24, 2.45) is 0 Å². The van der Waals surface area contributed by atoms with E-state index in [2.05, 4.69) is 97.5 Å². The van der Waals surface area contributed by atoms with Gasteiger partial charge in [-0.05, 0) is 41.2 Å². The van der Waals surface area contributed by atoms with Crippen LogP contribution in [0.4, 0.5) is 0 Å². The summed E-state index contributed by atoms with van der Waals surface area (Å²) in [4.78, 5) is 0. The normalized spacial score (nSPS) is 13.2. The van der Waals surface area contributed by atoms with E-state index in [1.807, 2.05) is 0 Å². The van der Waals surface area contributed by atoms with E-state index in [-0.39, 0.29) is 5.41 Å². The average Bonchev–Trinajstić information content (AvgIpc) is 2.44. The highest BCUT2D eigenvalue weighted by atomic mass is 79.9. The van der Waals surface area contributed by atoms with Gasteiger partial charge in [-0.15, -0.1) is 0 Å². The number of hydrogen-bond acceptors (Lipinski definition) is 1. The van der Waals surface area contributed by atoms with E-state index >= 15 is 0 Å². The number of benzene rings is 2. The van der Waals surface area contributed by atoms with Gasteiger partial charge in [0.05, 0.1) is 0 Å². The molecule has 0 amide bonds. The molecule has 2 rings (SSSR count). The van der Waals surface area contributed by atoms with Gasteiger partial charge in [0.15, 0.2) is 0 Å². The van der Waals surface area contributed by atoms with Gasteiger partial charge in [0.1, 0.15) is 0 Å². The summed E-state index contributed by atoms with van der Waals surface area (Å²) in [6.45, 7) is 9.82. The van der Waals surface area contributed by atoms with Crippen molar-refractivity contribution in [3.05, 3.63) is 69.7 Å². The maximum atomic E-state index is 3.58. The first kappa shape index (κ1) is 16.3. The van der Waals surface area contributed by atoms with Crippen LogP contribution in [0.25, 0.3) is 0 Å². The summed E-state index contributed by atoms with van der Waals surface area (Å²) < 4.78 is 1.13. The Hall–Kier alpha value is -1.12. The minimum atomic E-state index is 0.218. The molecule has 0 fully saturated rings. The molecule has 0 saturated carbocycles. The third-order valence-electron chi connectivity index (χ3n) is 3.78. The second kappa shape index (κ2) is 6.76. The van der Waals surface area contributed by atoms with E-state index < -0.39 is 0 Å². The molecule has 2 heteroatoms. The Labute approximate surface area is 136 Å². The van der Waals surface area contributed by atoms with Crippen LogP contribution in [0, 0.1) is 0 Å². The lowest BCUT2D eigenvalue weighted by molar-refractivity contribution is 0.571. The van der Waals surface area contributed by atoms with Gasteiger partial charge in [-0.1, -0.05) is 73.1 Å². The van der Waals surface area contributed by atoms with Crippen molar-refractivity contribution in [1.29, 1.82) is 0 Å². The monoisotopic (exact) mass is 345 g/mol. The van der Waals surface area contributed by atoms with Gasteiger partial charge in [-0.2, -0.15) is 0 Å². The molecular formula is C19H24BrN. The lowest BCUT2D eigenvalue weighted by Gasteiger charge is -2.19. The molecule has 0 aromatic heterocycles. The Balaban J connectivity index is 1.97. The molecule has 2 aromatic carbocycles. The van der Waals surface area contributed by atoms with Crippen LogP contribution in [0.5, 0.6) is 0 Å². The fourth-order valence-electron chi connectivity index (χ4n) is 2.29. The summed E-state index contributed by atoms with van der Waals surface area (Å²) in [6, 6.07) is 17.7. The highest BCUT2D eigenvalue weighted by Gasteiger charge is 2.13. The van der Waals surface area contributed by atoms with Crippen molar-refractivity contribution in [2.45, 2.75) is 45.7 Å². The molecule has 0 aliphatic rings. The Bertz CT molecular complexity index is 581. The van der Waals surface area contributed by atoms with Gasteiger partial charge < -0.3 is 5.32 Å². The molecule has 0 aliphatic heterocycles. The summed E-state index contributed by atoms with van der Waals surface area (Å²) in [5, 5.41) is 3.58. The maximum Gasteiger partial charge on any atom is 0.0295 e. The van der Waals surface area contributed by atoms with Gasteiger partial charge in [0.25, 0.3) is 0 Å². The fourth-order valence-corrected chi connectivity index (χ4v) is 2.70. The van der Waals surface area contributed by atoms with Crippen LogP contribution >= 0.6 is 15.9 Å². The molecule has 0 aliphatic carbocycles. The molecule has 0 bridgehead atoms. The van der Waals surface area contributed by atoms with Crippen molar-refractivity contribution >= 4 is 15.9 Å². The minimum Gasteiger partial charge on any atom is -0.306 e. The topological polar surface area (TPSA) is 12.0 Å². The van der Waals surface area contributed by atoms with Gasteiger partial charge >= 0.3 is 0 Å². The number of rotatable bonds is 4. The van der Waals surface area contributed by atoms with Crippen molar-refractivity contribution in [1.82, 2.24) is 5.32 Å². The van der Waals surface area contributed by atoms with Gasteiger partial charge in [-0.25, -0.2) is 0 Å². The minimum absolute atomic E-state index is 0.218. The van der Waals surface area contributed by atoms with E-state index in [0.717, 1.165) is 11.0 Å². The Morgan fingerprint density at radius 3 is 2.29 bits per heavy atom. The lowest BCUT2D eigenvalue weighted by atomic mass is 9.87. The van der Waals surface area contributed by atoms with Crippen molar-refractivity contribution in [3.8, 4) is 0 Å². The highest BCUT2D eigenvalue weighted by Crippen LogP contribution is 2.22. The van der Waals surface area contributed by atoms with Crippen LogP contribution in [0.2, 0.25) is 0 Å². The maximum absolute atomic E-state index is 3.58. The zero-order valence-electron chi connectivity index (χ0n) is 13.3. The van der Waals surface area contributed by atoms with E-state index in [0.29, 0.717) is 6.04 Å². The Morgan fingerprint density at radius 2 is 1.71 bits per heavy atom. The summed E-state index contributed by atoms with van der Waals surface area (Å²) in [5.41, 5.74) is 4.22. The van der Waals surface area contributed by atoms with Gasteiger partial charge in [0.2, 0.25) is 0 Å². The van der Waals surface area contributed by atoms with E-state index in [4.69, 9.17) is 0 Å². The molecule has 0 spiro atoms. The zero-order valence-corrected chi connectivity index (χ0v) is 14.9. The number of halogens is 1. The summed E-state index contributed by atoms with van der Waals surface area (Å²) in [7, 11) is 0. The second-order valence-corrected chi connectivity index (χ2v) is 7.52. The average molecular weight is 346 g/mol. The predicted molar refractivity (Wildman–Crippen MR) is 94.5 cm³/mol. The smallest absolute Gasteiger partial charge is 0.0295 e. The second-order valence-electron chi connectivity index (χ2n) is 6.60. The van der Waals surface area contributed by atoms with Crippen LogP contribution in [-0.4, -0.2) is 0 Å². The highest BCUT2D eigenvalue weighted by molar-refractivity contribution is 9.10. The first-order valence-electron chi connectivity index (χ1n) is 7.44. The molecule has 112 valence electrons. The summed E-state index contributed by atoms with van der Waals surface area (Å²) in [6.07, 6.45) is 0. The molecule has 0 saturated heterocycles. The summed E-state index contributed by atoms with van der Waals surface area (Å²) in [5.74, 6) is 0. The van der Waals surface area contributed by atoms with Crippen molar-refractivity contribution < 1.29 is 0 Å². The van der Waals surface area contributed by atoms with E-state index in [1.165, 1.54) is 16.7 Å². The lowest BCUT2D eigenvalue weighted by Crippen LogP contribution is -2.18. The van der Waals surface area contributed by atoms with Crippen LogP contribution < -0.4 is 5.32 Å². The van der Waals surface area contributed by atoms with Crippen LogP contribution in [0.3, 0.4) is 0 Å². The molecule has 1 N–H and O–H groups in total. The van der Waals surface area contributed by atoms with Crippen LogP contribution in [0.1, 0.15) is 50.4 Å². The third-order valence-corrected chi connectivity index (χ3v) is 4.27. The molecule has 1 nitrogen and oxygen atoms in total. The first-order valence-corrected chi connectivity index (χ1v) is 8.24. The first-order chi connectivity index (χ1) is 9.86. The van der Waals surface area contributed by atoms with Gasteiger partial charge in [-0.3, -0.25) is 0 Å².